The maximum Gasteiger partial charge on any atom is 0.186 e. The summed E-state index contributed by atoms with van der Waals surface area (Å²) < 4.78 is 5.34. The quantitative estimate of drug-likeness (QED) is 0.799. The number of hydrogen-bond donors (Lipinski definition) is 1. The lowest BCUT2D eigenvalue weighted by molar-refractivity contribution is 0.181. The van der Waals surface area contributed by atoms with Crippen LogP contribution in [0.15, 0.2) is 0 Å². The molecule has 1 aromatic heterocycles. The Labute approximate surface area is 131 Å². The molecule has 118 valence electrons. The zero-order valence-corrected chi connectivity index (χ0v) is 14.0. The van der Waals surface area contributed by atoms with Gasteiger partial charge in [-0.1, -0.05) is 12.8 Å². The molecule has 2 aliphatic rings. The summed E-state index contributed by atoms with van der Waals surface area (Å²) in [5.41, 5.74) is 1.13. The zero-order chi connectivity index (χ0) is 14.7. The van der Waals surface area contributed by atoms with Gasteiger partial charge in [0.25, 0.3) is 0 Å². The molecule has 1 aromatic rings. The Balaban J connectivity index is 1.74. The van der Waals surface area contributed by atoms with E-state index in [9.17, 15) is 0 Å². The molecule has 0 aliphatic heterocycles. The van der Waals surface area contributed by atoms with Gasteiger partial charge in [-0.2, -0.15) is 0 Å². The number of methoxy groups -OCH3 is 1. The third-order valence-electron chi connectivity index (χ3n) is 4.53. The highest BCUT2D eigenvalue weighted by Gasteiger charge is 2.26. The van der Waals surface area contributed by atoms with Gasteiger partial charge >= 0.3 is 0 Å². The monoisotopic (exact) mass is 309 g/mol. The standard InChI is InChI=1S/C16H27N3OS/c1-3-19(13-6-4-5-7-13)16-18-14(11-20-2)15(21-16)10-17-12-8-9-12/h12-13,17H,3-11H2,1-2H3. The van der Waals surface area contributed by atoms with Gasteiger partial charge in [0.1, 0.15) is 0 Å². The van der Waals surface area contributed by atoms with E-state index in [0.717, 1.165) is 24.8 Å². The molecule has 5 heteroatoms. The number of thiazole rings is 1. The highest BCUT2D eigenvalue weighted by atomic mass is 32.1. The van der Waals surface area contributed by atoms with Crippen molar-refractivity contribution in [3.05, 3.63) is 10.6 Å². The van der Waals surface area contributed by atoms with E-state index in [1.54, 1.807) is 7.11 Å². The number of hydrogen-bond acceptors (Lipinski definition) is 5. The highest BCUT2D eigenvalue weighted by Crippen LogP contribution is 2.33. The van der Waals surface area contributed by atoms with Gasteiger partial charge in [-0.25, -0.2) is 4.98 Å². The van der Waals surface area contributed by atoms with Gasteiger partial charge in [-0.3, -0.25) is 0 Å². The molecule has 2 fully saturated rings. The van der Waals surface area contributed by atoms with Gasteiger partial charge in [0.05, 0.1) is 12.3 Å². The van der Waals surface area contributed by atoms with Crippen LogP contribution in [0, 0.1) is 0 Å². The molecule has 0 aromatic carbocycles. The van der Waals surface area contributed by atoms with Crippen molar-refractivity contribution in [3.8, 4) is 0 Å². The van der Waals surface area contributed by atoms with Crippen LogP contribution in [-0.2, 0) is 17.9 Å². The van der Waals surface area contributed by atoms with Crippen molar-refractivity contribution in [1.82, 2.24) is 10.3 Å². The first kappa shape index (κ1) is 15.3. The van der Waals surface area contributed by atoms with Gasteiger partial charge in [0, 0.05) is 37.2 Å². The Morgan fingerprint density at radius 1 is 1.29 bits per heavy atom. The van der Waals surface area contributed by atoms with Crippen LogP contribution in [0.3, 0.4) is 0 Å². The van der Waals surface area contributed by atoms with Crippen LogP contribution < -0.4 is 10.2 Å². The fraction of sp³-hybridized carbons (Fsp3) is 0.812. The van der Waals surface area contributed by atoms with Crippen LogP contribution >= 0.6 is 11.3 Å². The number of nitrogens with one attached hydrogen (secondary N) is 1. The second kappa shape index (κ2) is 7.07. The van der Waals surface area contributed by atoms with Crippen molar-refractivity contribution in [2.75, 3.05) is 18.6 Å². The second-order valence-corrected chi connectivity index (χ2v) is 7.24. The lowest BCUT2D eigenvalue weighted by Gasteiger charge is -2.26. The van der Waals surface area contributed by atoms with Crippen LogP contribution in [0.2, 0.25) is 0 Å². The third kappa shape index (κ3) is 3.76. The van der Waals surface area contributed by atoms with E-state index >= 15 is 0 Å². The number of ether oxygens (including phenoxy) is 1. The minimum absolute atomic E-state index is 0.625. The van der Waals surface area contributed by atoms with Crippen molar-refractivity contribution < 1.29 is 4.74 Å². The molecule has 4 nitrogen and oxygen atoms in total. The molecular weight excluding hydrogens is 282 g/mol. The van der Waals surface area contributed by atoms with Crippen molar-refractivity contribution in [3.63, 3.8) is 0 Å². The SMILES string of the molecule is CCN(c1nc(COC)c(CNC2CC2)s1)C1CCCC1. The molecule has 0 saturated heterocycles. The van der Waals surface area contributed by atoms with E-state index in [-0.39, 0.29) is 0 Å². The summed E-state index contributed by atoms with van der Waals surface area (Å²) in [7, 11) is 1.76. The van der Waals surface area contributed by atoms with E-state index in [1.165, 1.54) is 48.5 Å². The van der Waals surface area contributed by atoms with Crippen LogP contribution in [0.4, 0.5) is 5.13 Å². The summed E-state index contributed by atoms with van der Waals surface area (Å²) >= 11 is 1.86. The molecular formula is C16H27N3OS. The normalized spacial score (nSPS) is 19.3. The van der Waals surface area contributed by atoms with E-state index in [1.807, 2.05) is 11.3 Å². The summed E-state index contributed by atoms with van der Waals surface area (Å²) in [5.74, 6) is 0. The number of aromatic nitrogens is 1. The molecule has 1 heterocycles. The Hall–Kier alpha value is -0.650. The summed E-state index contributed by atoms with van der Waals surface area (Å²) in [6, 6.07) is 1.43. The Morgan fingerprint density at radius 3 is 2.67 bits per heavy atom. The van der Waals surface area contributed by atoms with Gasteiger partial charge in [-0.05, 0) is 32.6 Å². The molecule has 0 atom stereocenters. The molecule has 2 saturated carbocycles. The van der Waals surface area contributed by atoms with Crippen molar-refractivity contribution in [2.24, 2.45) is 0 Å². The number of nitrogens with zero attached hydrogens (tertiary/aromatic N) is 2. The smallest absolute Gasteiger partial charge is 0.186 e. The maximum atomic E-state index is 5.34. The van der Waals surface area contributed by atoms with E-state index in [0.29, 0.717) is 12.6 Å². The summed E-state index contributed by atoms with van der Waals surface area (Å²) in [6.07, 6.45) is 8.04. The molecule has 0 bridgehead atoms. The lowest BCUT2D eigenvalue weighted by atomic mass is 10.2. The van der Waals surface area contributed by atoms with Crippen molar-refractivity contribution in [1.29, 1.82) is 0 Å². The molecule has 3 rings (SSSR count). The van der Waals surface area contributed by atoms with Gasteiger partial charge < -0.3 is 15.0 Å². The molecule has 21 heavy (non-hydrogen) atoms. The minimum atomic E-state index is 0.625. The topological polar surface area (TPSA) is 37.4 Å². The first-order chi connectivity index (χ1) is 10.3. The van der Waals surface area contributed by atoms with Gasteiger partial charge in [0.15, 0.2) is 5.13 Å². The van der Waals surface area contributed by atoms with Crippen LogP contribution in [0.5, 0.6) is 0 Å². The predicted octanol–water partition coefficient (Wildman–Crippen LogP) is 3.31. The number of anilines is 1. The molecule has 2 aliphatic carbocycles. The van der Waals surface area contributed by atoms with E-state index in [4.69, 9.17) is 9.72 Å². The summed E-state index contributed by atoms with van der Waals surface area (Å²) in [5, 5.41) is 4.81. The average molecular weight is 309 g/mol. The van der Waals surface area contributed by atoms with Gasteiger partial charge in [-0.15, -0.1) is 11.3 Å². The first-order valence-electron chi connectivity index (χ1n) is 8.29. The van der Waals surface area contributed by atoms with Crippen LogP contribution in [-0.4, -0.2) is 30.7 Å². The van der Waals surface area contributed by atoms with Crippen molar-refractivity contribution in [2.45, 2.75) is 70.7 Å². The molecule has 0 unspecified atom stereocenters. The Morgan fingerprint density at radius 2 is 2.05 bits per heavy atom. The molecule has 0 spiro atoms. The molecule has 0 radical (unpaired) electrons. The summed E-state index contributed by atoms with van der Waals surface area (Å²) in [4.78, 5) is 8.76. The zero-order valence-electron chi connectivity index (χ0n) is 13.2. The maximum absolute atomic E-state index is 5.34. The van der Waals surface area contributed by atoms with Gasteiger partial charge in [0.2, 0.25) is 0 Å². The van der Waals surface area contributed by atoms with E-state index in [2.05, 4.69) is 17.1 Å². The van der Waals surface area contributed by atoms with Crippen LogP contribution in [0.1, 0.15) is 56.0 Å². The van der Waals surface area contributed by atoms with Crippen molar-refractivity contribution >= 4 is 16.5 Å². The van der Waals surface area contributed by atoms with E-state index < -0.39 is 0 Å². The largest absolute Gasteiger partial charge is 0.378 e. The molecule has 0 amide bonds. The Bertz CT molecular complexity index is 452. The highest BCUT2D eigenvalue weighted by molar-refractivity contribution is 7.15. The number of rotatable bonds is 8. The Kier molecular flexibility index (Phi) is 5.14. The predicted molar refractivity (Wildman–Crippen MR) is 88.0 cm³/mol. The third-order valence-corrected chi connectivity index (χ3v) is 5.66. The molecule has 1 N–H and O–H groups in total. The fourth-order valence-electron chi connectivity index (χ4n) is 3.17. The average Bonchev–Trinajstić information content (AvgIpc) is 3.00. The summed E-state index contributed by atoms with van der Waals surface area (Å²) in [6.45, 7) is 4.88. The van der Waals surface area contributed by atoms with Crippen LogP contribution in [0.25, 0.3) is 0 Å². The fourth-order valence-corrected chi connectivity index (χ4v) is 4.32. The second-order valence-electron chi connectivity index (χ2n) is 6.18. The minimum Gasteiger partial charge on any atom is -0.378 e. The first-order valence-corrected chi connectivity index (χ1v) is 9.11. The lowest BCUT2D eigenvalue weighted by Crippen LogP contribution is -2.32.